The van der Waals surface area contributed by atoms with Crippen molar-refractivity contribution in [2.75, 3.05) is 18.5 Å². The summed E-state index contributed by atoms with van der Waals surface area (Å²) in [7, 11) is -2.36. The smallest absolute Gasteiger partial charge is 0.258 e. The molecule has 0 fully saturated rings. The summed E-state index contributed by atoms with van der Waals surface area (Å²) in [6.07, 6.45) is 3.84. The maximum Gasteiger partial charge on any atom is 0.258 e. The second-order valence-electron chi connectivity index (χ2n) is 15.3. The summed E-state index contributed by atoms with van der Waals surface area (Å²) in [6, 6.07) is 32.5. The molecule has 54 heavy (non-hydrogen) atoms. The van der Waals surface area contributed by atoms with Gasteiger partial charge in [0, 0.05) is 27.9 Å². The van der Waals surface area contributed by atoms with Crippen LogP contribution in [0.3, 0.4) is 0 Å². The zero-order valence-corrected chi connectivity index (χ0v) is 32.3. The van der Waals surface area contributed by atoms with Crippen LogP contribution in [0, 0.1) is 11.2 Å². The third-order valence-electron chi connectivity index (χ3n) is 9.79. The quantitative estimate of drug-likeness (QED) is 0.124. The number of ether oxygens (including phenoxy) is 1. The summed E-state index contributed by atoms with van der Waals surface area (Å²) in [5, 5.41) is 16.6. The van der Waals surface area contributed by atoms with E-state index >= 15 is 4.39 Å². The van der Waals surface area contributed by atoms with Crippen LogP contribution in [0.5, 0.6) is 0 Å². The first-order valence-corrected chi connectivity index (χ1v) is 19.8. The largest absolute Gasteiger partial charge is 0.403 e. The number of carbonyl (C=O) groups excluding carboxylic acids is 1. The first-order chi connectivity index (χ1) is 25.9. The molecule has 3 heterocycles. The number of fused-ring (bicyclic) bond motifs is 1. The molecule has 0 radical (unpaired) electrons. The molecule has 1 amide bonds. The Balaban J connectivity index is 1.41. The lowest BCUT2D eigenvalue weighted by Gasteiger charge is -2.37. The van der Waals surface area contributed by atoms with Gasteiger partial charge < -0.3 is 24.6 Å². The first kappa shape index (κ1) is 37.1. The van der Waals surface area contributed by atoms with Crippen LogP contribution in [0.25, 0.3) is 27.9 Å². The van der Waals surface area contributed by atoms with Crippen LogP contribution in [-0.4, -0.2) is 48.2 Å². The summed E-state index contributed by atoms with van der Waals surface area (Å²) in [5.41, 5.74) is 3.90. The summed E-state index contributed by atoms with van der Waals surface area (Å²) >= 11 is 0. The van der Waals surface area contributed by atoms with Gasteiger partial charge >= 0.3 is 0 Å². The average molecular weight is 741 g/mol. The molecule has 0 saturated heterocycles. The standard InChI is InChI=1S/C44H45FN4O4Si/c1-43(2,3)40(53-54(30-13-8-6-9-14-30)31-15-10-7-11-16-31)38-33(39-34-26-37(28-21-23-52-24-22-28)48-41(34)47-27-46-39)17-12-18-36(38)49-42(50)32-20-19-29(25-35(32)45)44(4,5)51/h6-21,25-27,40,51,54H,22-24H2,1-5H3,(H,49,50)(H,46,47,48). The van der Waals surface area contributed by atoms with Crippen LogP contribution in [0.15, 0.2) is 116 Å². The minimum atomic E-state index is -2.36. The van der Waals surface area contributed by atoms with Crippen molar-refractivity contribution in [2.24, 2.45) is 5.41 Å². The van der Waals surface area contributed by atoms with Gasteiger partial charge in [0.25, 0.3) is 5.91 Å². The second-order valence-corrected chi connectivity index (χ2v) is 17.6. The topological polar surface area (TPSA) is 109 Å². The first-order valence-electron chi connectivity index (χ1n) is 18.2. The molecule has 1 aliphatic rings. The van der Waals surface area contributed by atoms with Gasteiger partial charge in [-0.1, -0.05) is 106 Å². The Labute approximate surface area is 316 Å². The Morgan fingerprint density at radius 1 is 0.926 bits per heavy atom. The molecule has 6 aromatic rings. The van der Waals surface area contributed by atoms with E-state index in [0.29, 0.717) is 35.8 Å². The van der Waals surface area contributed by atoms with E-state index in [9.17, 15) is 9.90 Å². The SMILES string of the molecule is CC(C)(O)c1ccc(C(=O)Nc2cccc(-c3ncnc4[nH]c(C5=CCOCC5)cc34)c2C(O[SiH](c2ccccc2)c2ccccc2)C(C)(C)C)c(F)c1. The number of amides is 1. The van der Waals surface area contributed by atoms with Crippen LogP contribution in [0.1, 0.15) is 74.3 Å². The number of aromatic nitrogens is 3. The molecule has 3 N–H and O–H groups in total. The van der Waals surface area contributed by atoms with E-state index in [4.69, 9.17) is 14.1 Å². The fraction of sp³-hybridized carbons (Fsp3) is 0.250. The lowest BCUT2D eigenvalue weighted by Crippen LogP contribution is -2.47. The van der Waals surface area contributed by atoms with E-state index in [0.717, 1.165) is 44.6 Å². The van der Waals surface area contributed by atoms with Gasteiger partial charge in [-0.15, -0.1) is 0 Å². The van der Waals surface area contributed by atoms with Gasteiger partial charge in [-0.2, -0.15) is 0 Å². The number of hydrogen-bond acceptors (Lipinski definition) is 6. The van der Waals surface area contributed by atoms with Gasteiger partial charge in [-0.05, 0) is 71.5 Å². The number of rotatable bonds is 10. The van der Waals surface area contributed by atoms with Crippen molar-refractivity contribution in [3.05, 3.63) is 144 Å². The van der Waals surface area contributed by atoms with Crippen molar-refractivity contribution in [1.82, 2.24) is 15.0 Å². The van der Waals surface area contributed by atoms with Gasteiger partial charge in [-0.25, -0.2) is 14.4 Å². The van der Waals surface area contributed by atoms with E-state index in [1.54, 1.807) is 26.2 Å². The fourth-order valence-electron chi connectivity index (χ4n) is 6.98. The molecule has 0 bridgehead atoms. The zero-order chi connectivity index (χ0) is 38.0. The van der Waals surface area contributed by atoms with E-state index in [-0.39, 0.29) is 5.56 Å². The van der Waals surface area contributed by atoms with Crippen molar-refractivity contribution in [1.29, 1.82) is 0 Å². The highest BCUT2D eigenvalue weighted by atomic mass is 28.3. The van der Waals surface area contributed by atoms with Crippen LogP contribution >= 0.6 is 0 Å². The molecule has 1 atom stereocenters. The van der Waals surface area contributed by atoms with Crippen molar-refractivity contribution in [2.45, 2.75) is 52.7 Å². The fourth-order valence-corrected chi connectivity index (χ4v) is 9.64. The predicted molar refractivity (Wildman–Crippen MR) is 215 cm³/mol. The highest BCUT2D eigenvalue weighted by Crippen LogP contribution is 2.46. The maximum absolute atomic E-state index is 15.6. The van der Waals surface area contributed by atoms with Crippen molar-refractivity contribution in [3.8, 4) is 11.3 Å². The predicted octanol–water partition coefficient (Wildman–Crippen LogP) is 7.69. The highest BCUT2D eigenvalue weighted by molar-refractivity contribution is 6.80. The second kappa shape index (κ2) is 15.2. The number of carbonyl (C=O) groups is 1. The summed E-state index contributed by atoms with van der Waals surface area (Å²) in [6.45, 7) is 10.7. The van der Waals surface area contributed by atoms with Crippen LogP contribution in [-0.2, 0) is 14.8 Å². The van der Waals surface area contributed by atoms with E-state index in [2.05, 4.69) is 72.5 Å². The van der Waals surface area contributed by atoms with Gasteiger partial charge in [0.1, 0.15) is 17.8 Å². The van der Waals surface area contributed by atoms with Gasteiger partial charge in [0.05, 0.1) is 36.2 Å². The van der Waals surface area contributed by atoms with E-state index in [1.165, 1.54) is 12.1 Å². The van der Waals surface area contributed by atoms with Gasteiger partial charge in [0.15, 0.2) is 0 Å². The van der Waals surface area contributed by atoms with Crippen molar-refractivity contribution >= 4 is 47.6 Å². The number of nitrogens with zero attached hydrogens (tertiary/aromatic N) is 2. The van der Waals surface area contributed by atoms with Gasteiger partial charge in [0.2, 0.25) is 9.04 Å². The monoisotopic (exact) mass is 740 g/mol. The molecule has 1 unspecified atom stereocenters. The molecule has 10 heteroatoms. The average Bonchev–Trinajstić information content (AvgIpc) is 3.61. The lowest BCUT2D eigenvalue weighted by molar-refractivity contribution is 0.0780. The van der Waals surface area contributed by atoms with E-state index < -0.39 is 37.9 Å². The molecular formula is C44H45FN4O4Si. The van der Waals surface area contributed by atoms with Crippen molar-refractivity contribution in [3.63, 3.8) is 0 Å². The molecule has 0 saturated carbocycles. The van der Waals surface area contributed by atoms with Crippen LogP contribution < -0.4 is 15.7 Å². The number of aromatic amines is 1. The Hall–Kier alpha value is -5.26. The van der Waals surface area contributed by atoms with Crippen LogP contribution in [0.4, 0.5) is 10.1 Å². The summed E-state index contributed by atoms with van der Waals surface area (Å²) in [5.74, 6) is -1.35. The number of hydrogen-bond donors (Lipinski definition) is 3. The van der Waals surface area contributed by atoms with E-state index in [1.807, 2.05) is 54.6 Å². The van der Waals surface area contributed by atoms with Crippen LogP contribution in [0.2, 0.25) is 0 Å². The molecule has 276 valence electrons. The number of H-pyrrole nitrogens is 1. The Kier molecular flexibility index (Phi) is 10.5. The molecule has 8 nitrogen and oxygen atoms in total. The van der Waals surface area contributed by atoms with Crippen molar-refractivity contribution < 1.29 is 23.5 Å². The normalized spacial score (nSPS) is 14.3. The zero-order valence-electron chi connectivity index (χ0n) is 31.2. The summed E-state index contributed by atoms with van der Waals surface area (Å²) in [4.78, 5) is 27.0. The molecule has 0 spiro atoms. The maximum atomic E-state index is 15.6. The third-order valence-corrected chi connectivity index (χ3v) is 12.3. The Bertz CT molecular complexity index is 2270. The third kappa shape index (κ3) is 7.83. The Morgan fingerprint density at radius 2 is 1.63 bits per heavy atom. The van der Waals surface area contributed by atoms with Gasteiger partial charge in [-0.3, -0.25) is 4.79 Å². The molecule has 0 aliphatic carbocycles. The Morgan fingerprint density at radius 3 is 2.24 bits per heavy atom. The molecule has 2 aromatic heterocycles. The number of anilines is 1. The number of benzene rings is 4. The molecular weight excluding hydrogens is 696 g/mol. The molecule has 1 aliphatic heterocycles. The summed E-state index contributed by atoms with van der Waals surface area (Å²) < 4.78 is 28.6. The minimum Gasteiger partial charge on any atom is -0.403 e. The molecule has 7 rings (SSSR count). The minimum absolute atomic E-state index is 0.141. The number of aliphatic hydroxyl groups is 1. The molecule has 4 aromatic carbocycles. The highest BCUT2D eigenvalue weighted by Gasteiger charge is 2.36. The lowest BCUT2D eigenvalue weighted by atomic mass is 9.81. The number of halogens is 1. The number of nitrogens with one attached hydrogen (secondary N) is 2.